The van der Waals surface area contributed by atoms with Crippen molar-refractivity contribution in [2.24, 2.45) is 5.10 Å². The maximum atomic E-state index is 13.9. The van der Waals surface area contributed by atoms with Crippen molar-refractivity contribution in [3.05, 3.63) is 45.2 Å². The average molecular weight is 410 g/mol. The summed E-state index contributed by atoms with van der Waals surface area (Å²) in [6.07, 6.45) is -3.77. The van der Waals surface area contributed by atoms with Gasteiger partial charge in [-0.3, -0.25) is 10.2 Å². The Morgan fingerprint density at radius 1 is 1.46 bits per heavy atom. The van der Waals surface area contributed by atoms with Crippen molar-refractivity contribution in [3.8, 4) is 0 Å². The fourth-order valence-electron chi connectivity index (χ4n) is 1.84. The van der Waals surface area contributed by atoms with Crippen LogP contribution in [0.4, 0.5) is 22.7 Å². The molecule has 1 aromatic carbocycles. The highest BCUT2D eigenvalue weighted by Gasteiger charge is 2.34. The van der Waals surface area contributed by atoms with Crippen LogP contribution in [0.15, 0.2) is 22.6 Å². The molecule has 5 nitrogen and oxygen atoms in total. The van der Waals surface area contributed by atoms with Gasteiger partial charge in [-0.1, -0.05) is 11.6 Å². The Balaban J connectivity index is 2.04. The number of carbonyl (C=O) groups is 1. The van der Waals surface area contributed by atoms with Gasteiger partial charge in [0.15, 0.2) is 5.82 Å². The standard InChI is InChI=1S/C15H12ClF4N3O2S/c1-2-25-11(24)5-9-7-26-14(22-9)23-21-6-8-3-4-10(15(18,19)20)12(16)13(8)17/h3-4,6-7H,2,5H2,1H3,(H,22,23). The number of hydrazone groups is 1. The maximum absolute atomic E-state index is 13.9. The van der Waals surface area contributed by atoms with Crippen LogP contribution in [0.1, 0.15) is 23.7 Å². The number of nitrogens with zero attached hydrogens (tertiary/aromatic N) is 2. The van der Waals surface area contributed by atoms with Gasteiger partial charge < -0.3 is 4.74 Å². The zero-order valence-corrected chi connectivity index (χ0v) is 14.8. The van der Waals surface area contributed by atoms with E-state index in [2.05, 4.69) is 15.5 Å². The van der Waals surface area contributed by atoms with Crippen LogP contribution in [0.5, 0.6) is 0 Å². The van der Waals surface area contributed by atoms with Gasteiger partial charge in [-0.25, -0.2) is 9.37 Å². The van der Waals surface area contributed by atoms with Crippen molar-refractivity contribution in [2.75, 3.05) is 12.0 Å². The molecule has 0 atom stereocenters. The number of hydrogen-bond acceptors (Lipinski definition) is 6. The number of rotatable bonds is 6. The number of esters is 1. The van der Waals surface area contributed by atoms with Crippen LogP contribution < -0.4 is 5.43 Å². The van der Waals surface area contributed by atoms with Crippen molar-refractivity contribution in [1.29, 1.82) is 0 Å². The molecule has 0 aliphatic carbocycles. The van der Waals surface area contributed by atoms with Gasteiger partial charge in [0.05, 0.1) is 35.5 Å². The van der Waals surface area contributed by atoms with E-state index in [9.17, 15) is 22.4 Å². The number of thiazole rings is 1. The van der Waals surface area contributed by atoms with E-state index in [4.69, 9.17) is 16.3 Å². The van der Waals surface area contributed by atoms with E-state index in [1.165, 1.54) is 0 Å². The number of aromatic nitrogens is 1. The molecule has 2 aromatic rings. The summed E-state index contributed by atoms with van der Waals surface area (Å²) in [5, 5.41) is 4.62. The lowest BCUT2D eigenvalue weighted by Gasteiger charge is -2.10. The van der Waals surface area contributed by atoms with Gasteiger partial charge in [-0.15, -0.1) is 11.3 Å². The monoisotopic (exact) mass is 409 g/mol. The molecule has 0 unspecified atom stereocenters. The first kappa shape index (κ1) is 20.1. The third-order valence-corrected chi connectivity index (χ3v) is 4.13. The van der Waals surface area contributed by atoms with Gasteiger partial charge in [0, 0.05) is 10.9 Å². The van der Waals surface area contributed by atoms with Gasteiger partial charge >= 0.3 is 12.1 Å². The Bertz CT molecular complexity index is 824. The largest absolute Gasteiger partial charge is 0.466 e. The molecule has 1 heterocycles. The Morgan fingerprint density at radius 3 is 2.85 bits per heavy atom. The van der Waals surface area contributed by atoms with Crippen LogP contribution >= 0.6 is 22.9 Å². The third-order valence-electron chi connectivity index (χ3n) is 2.96. The first-order valence-corrected chi connectivity index (χ1v) is 8.42. The molecule has 0 radical (unpaired) electrons. The predicted molar refractivity (Wildman–Crippen MR) is 90.1 cm³/mol. The van der Waals surface area contributed by atoms with Crippen LogP contribution in [0, 0.1) is 5.82 Å². The van der Waals surface area contributed by atoms with Gasteiger partial charge in [-0.2, -0.15) is 18.3 Å². The molecule has 0 amide bonds. The summed E-state index contributed by atoms with van der Waals surface area (Å²) >= 11 is 6.57. The fraction of sp³-hybridized carbons (Fsp3) is 0.267. The molecule has 140 valence electrons. The van der Waals surface area contributed by atoms with E-state index in [1.54, 1.807) is 12.3 Å². The van der Waals surface area contributed by atoms with Crippen LogP contribution in [-0.2, 0) is 22.1 Å². The minimum absolute atomic E-state index is 0.00112. The Labute approximate surface area is 154 Å². The van der Waals surface area contributed by atoms with E-state index >= 15 is 0 Å². The molecule has 0 saturated heterocycles. The molecule has 26 heavy (non-hydrogen) atoms. The number of halogens is 5. The lowest BCUT2D eigenvalue weighted by atomic mass is 10.1. The van der Waals surface area contributed by atoms with Crippen molar-refractivity contribution in [1.82, 2.24) is 4.98 Å². The number of benzene rings is 1. The number of hydrogen-bond donors (Lipinski definition) is 1. The van der Waals surface area contributed by atoms with Crippen LogP contribution in [0.25, 0.3) is 0 Å². The molecule has 11 heteroatoms. The first-order valence-electron chi connectivity index (χ1n) is 7.16. The van der Waals surface area contributed by atoms with Gasteiger partial charge in [0.2, 0.25) is 5.13 Å². The first-order chi connectivity index (χ1) is 12.2. The van der Waals surface area contributed by atoms with E-state index in [0.29, 0.717) is 16.9 Å². The van der Waals surface area contributed by atoms with Crippen molar-refractivity contribution < 1.29 is 27.1 Å². The zero-order valence-electron chi connectivity index (χ0n) is 13.2. The third kappa shape index (κ3) is 5.15. The summed E-state index contributed by atoms with van der Waals surface area (Å²) in [7, 11) is 0. The highest BCUT2D eigenvalue weighted by molar-refractivity contribution is 7.13. The molecule has 0 fully saturated rings. The van der Waals surface area contributed by atoms with Gasteiger partial charge in [0.1, 0.15) is 0 Å². The van der Waals surface area contributed by atoms with Crippen LogP contribution in [0.2, 0.25) is 5.02 Å². The van der Waals surface area contributed by atoms with E-state index < -0.39 is 28.5 Å². The van der Waals surface area contributed by atoms with Gasteiger partial charge in [0.25, 0.3) is 0 Å². The lowest BCUT2D eigenvalue weighted by molar-refractivity contribution is -0.142. The topological polar surface area (TPSA) is 63.6 Å². The van der Waals surface area contributed by atoms with Crippen LogP contribution in [-0.4, -0.2) is 23.8 Å². The molecule has 0 spiro atoms. The summed E-state index contributed by atoms with van der Waals surface area (Å²) in [6, 6.07) is 1.59. The van der Waals surface area contributed by atoms with Gasteiger partial charge in [-0.05, 0) is 19.1 Å². The number of anilines is 1. The molecule has 1 aromatic heterocycles. The SMILES string of the molecule is CCOC(=O)Cc1csc(NN=Cc2ccc(C(F)(F)F)c(Cl)c2F)n1. The molecule has 0 saturated carbocycles. The van der Waals surface area contributed by atoms with E-state index in [-0.39, 0.29) is 18.6 Å². The number of alkyl halides is 3. The second kappa shape index (κ2) is 8.45. The molecular weight excluding hydrogens is 398 g/mol. The number of carbonyl (C=O) groups excluding carboxylic acids is 1. The molecular formula is C15H12ClF4N3O2S. The van der Waals surface area contributed by atoms with Crippen molar-refractivity contribution in [2.45, 2.75) is 19.5 Å². The van der Waals surface area contributed by atoms with E-state index in [1.807, 2.05) is 0 Å². The molecule has 1 N–H and O–H groups in total. The Morgan fingerprint density at radius 2 is 2.19 bits per heavy atom. The summed E-state index contributed by atoms with van der Waals surface area (Å²) < 4.78 is 56.6. The minimum atomic E-state index is -4.75. The minimum Gasteiger partial charge on any atom is -0.466 e. The zero-order chi connectivity index (χ0) is 19.3. The summed E-state index contributed by atoms with van der Waals surface area (Å²) in [5.41, 5.74) is 1.49. The maximum Gasteiger partial charge on any atom is 0.417 e. The summed E-state index contributed by atoms with van der Waals surface area (Å²) in [4.78, 5) is 15.4. The second-order valence-electron chi connectivity index (χ2n) is 4.82. The molecule has 0 bridgehead atoms. The summed E-state index contributed by atoms with van der Waals surface area (Å²) in [5.74, 6) is -1.65. The molecule has 2 rings (SSSR count). The van der Waals surface area contributed by atoms with Crippen LogP contribution in [0.3, 0.4) is 0 Å². The lowest BCUT2D eigenvalue weighted by Crippen LogP contribution is -2.08. The fourth-order valence-corrected chi connectivity index (χ4v) is 2.78. The van der Waals surface area contributed by atoms with Crippen molar-refractivity contribution in [3.63, 3.8) is 0 Å². The highest BCUT2D eigenvalue weighted by Crippen LogP contribution is 2.36. The molecule has 0 aliphatic rings. The Hall–Kier alpha value is -2.20. The molecule has 0 aliphatic heterocycles. The highest BCUT2D eigenvalue weighted by atomic mass is 35.5. The number of nitrogens with one attached hydrogen (secondary N) is 1. The predicted octanol–water partition coefficient (Wildman–Crippen LogP) is 4.51. The quantitative estimate of drug-likeness (QED) is 0.330. The van der Waals surface area contributed by atoms with E-state index in [0.717, 1.165) is 23.6 Å². The normalized spacial score (nSPS) is 11.8. The summed E-state index contributed by atoms with van der Waals surface area (Å²) in [6.45, 7) is 1.95. The Kier molecular flexibility index (Phi) is 6.54. The second-order valence-corrected chi connectivity index (χ2v) is 6.06. The number of ether oxygens (including phenoxy) is 1. The smallest absolute Gasteiger partial charge is 0.417 e. The average Bonchev–Trinajstić information content (AvgIpc) is 2.97. The van der Waals surface area contributed by atoms with Crippen molar-refractivity contribution >= 4 is 40.3 Å².